The van der Waals surface area contributed by atoms with Gasteiger partial charge in [-0.3, -0.25) is 9.69 Å². The van der Waals surface area contributed by atoms with Gasteiger partial charge in [0, 0.05) is 45.1 Å². The second-order valence-electron chi connectivity index (χ2n) is 6.08. The number of carbonyl (C=O) groups excluding carboxylic acids is 1. The number of hydrogen-bond acceptors (Lipinski definition) is 5. The Hall–Kier alpha value is -2.47. The van der Waals surface area contributed by atoms with Gasteiger partial charge in [-0.25, -0.2) is 9.97 Å². The van der Waals surface area contributed by atoms with E-state index in [1.807, 2.05) is 37.1 Å². The largest absolute Gasteiger partial charge is 0.350 e. The Morgan fingerprint density at radius 1 is 1.08 bits per heavy atom. The van der Waals surface area contributed by atoms with E-state index in [-0.39, 0.29) is 11.9 Å². The first-order valence-electron chi connectivity index (χ1n) is 7.97. The van der Waals surface area contributed by atoms with Crippen LogP contribution in [0.3, 0.4) is 0 Å². The second-order valence-corrected chi connectivity index (χ2v) is 6.08. The maximum atomic E-state index is 12.0. The van der Waals surface area contributed by atoms with Crippen LogP contribution in [-0.4, -0.2) is 52.9 Å². The maximum absolute atomic E-state index is 12.0. The van der Waals surface area contributed by atoms with Crippen LogP contribution in [0.25, 0.3) is 0 Å². The molecule has 0 aliphatic rings. The minimum absolute atomic E-state index is 0.0829. The summed E-state index contributed by atoms with van der Waals surface area (Å²) >= 11 is 0. The zero-order valence-electron chi connectivity index (χ0n) is 14.7. The Labute approximate surface area is 143 Å². The fourth-order valence-electron chi connectivity index (χ4n) is 2.29. The Bertz CT molecular complexity index is 642. The summed E-state index contributed by atoms with van der Waals surface area (Å²) in [4.78, 5) is 24.3. The van der Waals surface area contributed by atoms with Crippen molar-refractivity contribution in [1.82, 2.24) is 19.8 Å². The van der Waals surface area contributed by atoms with Crippen molar-refractivity contribution in [2.45, 2.75) is 26.1 Å². The average molecular weight is 327 g/mol. The van der Waals surface area contributed by atoms with Gasteiger partial charge in [-0.1, -0.05) is 30.3 Å². The molecule has 0 radical (unpaired) electrons. The monoisotopic (exact) mass is 327 g/mol. The summed E-state index contributed by atoms with van der Waals surface area (Å²) in [5.41, 5.74) is 2.15. The van der Waals surface area contributed by atoms with Crippen molar-refractivity contribution >= 4 is 11.9 Å². The summed E-state index contributed by atoms with van der Waals surface area (Å²) in [6, 6.07) is 9.93. The van der Waals surface area contributed by atoms with E-state index in [4.69, 9.17) is 0 Å². The molecule has 2 rings (SSSR count). The molecule has 0 saturated heterocycles. The fourth-order valence-corrected chi connectivity index (χ4v) is 2.29. The van der Waals surface area contributed by atoms with Crippen LogP contribution in [0, 0.1) is 0 Å². The van der Waals surface area contributed by atoms with Crippen LogP contribution in [0.4, 0.5) is 5.95 Å². The third-order valence-electron chi connectivity index (χ3n) is 3.89. The number of aromatic nitrogens is 2. The van der Waals surface area contributed by atoms with E-state index in [9.17, 15) is 4.79 Å². The van der Waals surface area contributed by atoms with Gasteiger partial charge in [0.05, 0.1) is 6.04 Å². The van der Waals surface area contributed by atoms with Crippen molar-refractivity contribution in [3.05, 3.63) is 53.9 Å². The van der Waals surface area contributed by atoms with Gasteiger partial charge in [-0.05, 0) is 19.5 Å². The summed E-state index contributed by atoms with van der Waals surface area (Å²) < 4.78 is 0. The smallest absolute Gasteiger partial charge is 0.239 e. The maximum Gasteiger partial charge on any atom is 0.239 e. The summed E-state index contributed by atoms with van der Waals surface area (Å²) in [7, 11) is 5.46. The predicted molar refractivity (Wildman–Crippen MR) is 95.4 cm³/mol. The third kappa shape index (κ3) is 5.03. The number of hydrogen-bond donors (Lipinski definition) is 1. The van der Waals surface area contributed by atoms with Crippen molar-refractivity contribution in [2.24, 2.45) is 0 Å². The predicted octanol–water partition coefficient (Wildman–Crippen LogP) is 2.00. The van der Waals surface area contributed by atoms with Crippen LogP contribution in [0.5, 0.6) is 0 Å². The van der Waals surface area contributed by atoms with Crippen molar-refractivity contribution in [2.75, 3.05) is 26.5 Å². The van der Waals surface area contributed by atoms with E-state index >= 15 is 0 Å². The molecular formula is C18H25N5O. The van der Waals surface area contributed by atoms with E-state index in [0.717, 1.165) is 5.56 Å². The Morgan fingerprint density at radius 2 is 1.71 bits per heavy atom. The molecule has 1 amide bonds. The number of anilines is 1. The average Bonchev–Trinajstić information content (AvgIpc) is 2.60. The molecule has 0 spiro atoms. The number of nitrogens with one attached hydrogen (secondary N) is 1. The van der Waals surface area contributed by atoms with Gasteiger partial charge in [-0.15, -0.1) is 0 Å². The first-order chi connectivity index (χ1) is 11.5. The molecule has 2 aromatic rings. The van der Waals surface area contributed by atoms with Gasteiger partial charge in [-0.2, -0.15) is 0 Å². The molecule has 0 bridgehead atoms. The Balaban J connectivity index is 1.88. The molecule has 128 valence electrons. The number of rotatable bonds is 7. The summed E-state index contributed by atoms with van der Waals surface area (Å²) in [6.45, 7) is 3.22. The first kappa shape index (κ1) is 17.9. The van der Waals surface area contributed by atoms with Crippen molar-refractivity contribution in [3.63, 3.8) is 0 Å². The van der Waals surface area contributed by atoms with Crippen LogP contribution in [0.15, 0.2) is 42.7 Å². The summed E-state index contributed by atoms with van der Waals surface area (Å²) in [5.74, 6) is 0.683. The molecule has 1 unspecified atom stereocenters. The number of likely N-dealkylation sites (N-methyl/N-ethyl adjacent to an activating group) is 2. The van der Waals surface area contributed by atoms with E-state index in [1.165, 1.54) is 5.56 Å². The molecule has 1 N–H and O–H groups in total. The van der Waals surface area contributed by atoms with E-state index in [1.54, 1.807) is 31.4 Å². The minimum atomic E-state index is -0.184. The molecule has 1 aromatic carbocycles. The number of benzene rings is 1. The highest BCUT2D eigenvalue weighted by atomic mass is 16.2. The molecule has 0 aliphatic carbocycles. The number of nitrogens with zero attached hydrogens (tertiary/aromatic N) is 4. The molecule has 1 atom stereocenters. The molecule has 0 aliphatic heterocycles. The molecule has 1 aromatic heterocycles. The topological polar surface area (TPSA) is 61.4 Å². The zero-order chi connectivity index (χ0) is 17.5. The minimum Gasteiger partial charge on any atom is -0.350 e. The molecule has 24 heavy (non-hydrogen) atoms. The van der Waals surface area contributed by atoms with Gasteiger partial charge in [0.1, 0.15) is 0 Å². The molecule has 0 saturated carbocycles. The lowest BCUT2D eigenvalue weighted by molar-refractivity contribution is -0.133. The fraction of sp³-hybridized carbons (Fsp3) is 0.389. The standard InChI is InChI=1S/C18H25N5O/c1-14(17(24)22(2)3)23(4)13-16-11-20-18(21-12-16)19-10-15-8-6-5-7-9-15/h5-9,11-12,14H,10,13H2,1-4H3,(H,19,20,21). The van der Waals surface area contributed by atoms with Gasteiger partial charge < -0.3 is 10.2 Å². The normalized spacial score (nSPS) is 12.0. The van der Waals surface area contributed by atoms with Crippen molar-refractivity contribution in [1.29, 1.82) is 0 Å². The number of carbonyl (C=O) groups is 1. The van der Waals surface area contributed by atoms with Crippen LogP contribution in [0.1, 0.15) is 18.1 Å². The van der Waals surface area contributed by atoms with E-state index < -0.39 is 0 Å². The molecule has 6 nitrogen and oxygen atoms in total. The lowest BCUT2D eigenvalue weighted by Crippen LogP contribution is -2.42. The van der Waals surface area contributed by atoms with E-state index in [2.05, 4.69) is 27.4 Å². The van der Waals surface area contributed by atoms with Gasteiger partial charge >= 0.3 is 0 Å². The van der Waals surface area contributed by atoms with Crippen LogP contribution < -0.4 is 5.32 Å². The quantitative estimate of drug-likeness (QED) is 0.843. The highest BCUT2D eigenvalue weighted by Gasteiger charge is 2.19. The van der Waals surface area contributed by atoms with Crippen molar-refractivity contribution in [3.8, 4) is 0 Å². The SMILES string of the molecule is CC(C(=O)N(C)C)N(C)Cc1cnc(NCc2ccccc2)nc1. The van der Waals surface area contributed by atoms with Crippen LogP contribution in [-0.2, 0) is 17.9 Å². The lowest BCUT2D eigenvalue weighted by Gasteiger charge is -2.26. The van der Waals surface area contributed by atoms with Crippen LogP contribution in [0.2, 0.25) is 0 Å². The molecule has 0 fully saturated rings. The van der Waals surface area contributed by atoms with Gasteiger partial charge in [0.2, 0.25) is 11.9 Å². The van der Waals surface area contributed by atoms with Crippen molar-refractivity contribution < 1.29 is 4.79 Å². The molecule has 6 heteroatoms. The molecule has 1 heterocycles. The summed E-state index contributed by atoms with van der Waals surface area (Å²) in [6.07, 6.45) is 3.59. The van der Waals surface area contributed by atoms with Crippen LogP contribution >= 0.6 is 0 Å². The van der Waals surface area contributed by atoms with Gasteiger partial charge in [0.15, 0.2) is 0 Å². The second kappa shape index (κ2) is 8.40. The lowest BCUT2D eigenvalue weighted by atomic mass is 10.2. The molecular weight excluding hydrogens is 302 g/mol. The Kier molecular flexibility index (Phi) is 6.26. The summed E-state index contributed by atoms with van der Waals surface area (Å²) in [5, 5.41) is 3.20. The van der Waals surface area contributed by atoms with Gasteiger partial charge in [0.25, 0.3) is 0 Å². The highest BCUT2D eigenvalue weighted by molar-refractivity contribution is 5.80. The zero-order valence-corrected chi connectivity index (χ0v) is 14.7. The third-order valence-corrected chi connectivity index (χ3v) is 3.89. The van der Waals surface area contributed by atoms with E-state index in [0.29, 0.717) is 19.0 Å². The highest BCUT2D eigenvalue weighted by Crippen LogP contribution is 2.08. The Morgan fingerprint density at radius 3 is 2.29 bits per heavy atom. The first-order valence-corrected chi connectivity index (χ1v) is 7.97. The number of amides is 1.